The monoisotopic (exact) mass is 251 g/mol. The Hall–Kier alpha value is -1.06. The molecule has 0 aliphatic carbocycles. The maximum Gasteiger partial charge on any atom is 0.119 e. The predicted molar refractivity (Wildman–Crippen MR) is 74.9 cm³/mol. The van der Waals surface area contributed by atoms with Crippen molar-refractivity contribution in [3.05, 3.63) is 29.8 Å². The minimum atomic E-state index is -0.848. The van der Waals surface area contributed by atoms with Crippen molar-refractivity contribution < 1.29 is 9.84 Å². The van der Waals surface area contributed by atoms with Crippen LogP contribution in [0.4, 0.5) is 0 Å². The predicted octanol–water partition coefficient (Wildman–Crippen LogP) is 2.54. The van der Waals surface area contributed by atoms with Crippen LogP contribution in [0.15, 0.2) is 24.3 Å². The van der Waals surface area contributed by atoms with Crippen LogP contribution >= 0.6 is 0 Å². The van der Waals surface area contributed by atoms with E-state index >= 15 is 0 Å². The number of ether oxygens (including phenoxy) is 1. The molecule has 0 saturated carbocycles. The molecule has 1 aromatic rings. The van der Waals surface area contributed by atoms with Crippen LogP contribution in [0.25, 0.3) is 0 Å². The third kappa shape index (κ3) is 4.67. The van der Waals surface area contributed by atoms with E-state index in [4.69, 9.17) is 4.74 Å². The lowest BCUT2D eigenvalue weighted by molar-refractivity contribution is 0.0563. The third-order valence-electron chi connectivity index (χ3n) is 2.81. The summed E-state index contributed by atoms with van der Waals surface area (Å²) in [6.45, 7) is 10.2. The molecule has 0 amide bonds. The van der Waals surface area contributed by atoms with E-state index in [-0.39, 0.29) is 0 Å². The Morgan fingerprint density at radius 3 is 2.39 bits per heavy atom. The average molecular weight is 251 g/mol. The summed E-state index contributed by atoms with van der Waals surface area (Å²) in [6, 6.07) is 7.63. The number of nitrogens with one attached hydrogen (secondary N) is 1. The van der Waals surface area contributed by atoms with Crippen LogP contribution < -0.4 is 10.1 Å². The molecule has 3 heteroatoms. The smallest absolute Gasteiger partial charge is 0.119 e. The minimum absolute atomic E-state index is 0.555. The molecule has 2 N–H and O–H groups in total. The second-order valence-electron chi connectivity index (χ2n) is 5.26. The van der Waals surface area contributed by atoms with Crippen LogP contribution in [-0.2, 0) is 5.60 Å². The highest BCUT2D eigenvalue weighted by molar-refractivity contribution is 5.30. The molecule has 0 fully saturated rings. The summed E-state index contributed by atoms with van der Waals surface area (Å²) in [7, 11) is 0. The number of hydrogen-bond donors (Lipinski definition) is 2. The van der Waals surface area contributed by atoms with Crippen molar-refractivity contribution in [1.82, 2.24) is 5.32 Å². The molecule has 1 atom stereocenters. The fourth-order valence-corrected chi connectivity index (χ4v) is 1.78. The number of aliphatic hydroxyl groups is 1. The summed E-state index contributed by atoms with van der Waals surface area (Å²) in [6.07, 6.45) is 0. The molecular weight excluding hydrogens is 226 g/mol. The number of rotatable bonds is 7. The Labute approximate surface area is 110 Å². The lowest BCUT2D eigenvalue weighted by Gasteiger charge is -2.25. The number of hydrogen-bond acceptors (Lipinski definition) is 3. The molecule has 18 heavy (non-hydrogen) atoms. The maximum absolute atomic E-state index is 10.4. The van der Waals surface area contributed by atoms with Gasteiger partial charge in [-0.3, -0.25) is 0 Å². The van der Waals surface area contributed by atoms with Gasteiger partial charge in [0.1, 0.15) is 5.75 Å². The Kier molecular flexibility index (Phi) is 5.63. The first kappa shape index (κ1) is 15.0. The molecule has 0 spiro atoms. The third-order valence-corrected chi connectivity index (χ3v) is 2.81. The van der Waals surface area contributed by atoms with E-state index in [1.165, 1.54) is 0 Å². The van der Waals surface area contributed by atoms with E-state index in [1.807, 2.05) is 38.1 Å². The van der Waals surface area contributed by atoms with E-state index in [0.717, 1.165) is 17.9 Å². The van der Waals surface area contributed by atoms with Gasteiger partial charge < -0.3 is 15.2 Å². The lowest BCUT2D eigenvalue weighted by Crippen LogP contribution is -2.36. The van der Waals surface area contributed by atoms with Gasteiger partial charge in [0, 0.05) is 6.54 Å². The topological polar surface area (TPSA) is 41.5 Å². The SMILES string of the molecule is CCOc1ccc(C(C)(O)CNCC(C)C)cc1. The van der Waals surface area contributed by atoms with E-state index < -0.39 is 5.60 Å². The first-order chi connectivity index (χ1) is 8.45. The summed E-state index contributed by atoms with van der Waals surface area (Å²) in [4.78, 5) is 0. The van der Waals surface area contributed by atoms with Crippen molar-refractivity contribution >= 4 is 0 Å². The quantitative estimate of drug-likeness (QED) is 0.782. The molecule has 1 unspecified atom stereocenters. The van der Waals surface area contributed by atoms with Crippen LogP contribution in [0.1, 0.15) is 33.3 Å². The molecule has 0 bridgehead atoms. The van der Waals surface area contributed by atoms with E-state index in [9.17, 15) is 5.11 Å². The van der Waals surface area contributed by atoms with Gasteiger partial charge in [-0.15, -0.1) is 0 Å². The molecule has 3 nitrogen and oxygen atoms in total. The van der Waals surface area contributed by atoms with Crippen LogP contribution in [0.3, 0.4) is 0 Å². The fraction of sp³-hybridized carbons (Fsp3) is 0.600. The van der Waals surface area contributed by atoms with Gasteiger partial charge in [-0.25, -0.2) is 0 Å². The second kappa shape index (κ2) is 6.76. The molecule has 102 valence electrons. The van der Waals surface area contributed by atoms with Gasteiger partial charge in [-0.2, -0.15) is 0 Å². The van der Waals surface area contributed by atoms with Gasteiger partial charge in [-0.1, -0.05) is 26.0 Å². The van der Waals surface area contributed by atoms with Gasteiger partial charge in [0.05, 0.1) is 12.2 Å². The summed E-state index contributed by atoms with van der Waals surface area (Å²) < 4.78 is 5.39. The molecule has 0 aromatic heterocycles. The molecule has 0 heterocycles. The molecule has 0 saturated heterocycles. The summed E-state index contributed by atoms with van der Waals surface area (Å²) in [5.74, 6) is 1.42. The normalized spacial score (nSPS) is 14.6. The van der Waals surface area contributed by atoms with Gasteiger partial charge in [-0.05, 0) is 44.0 Å². The van der Waals surface area contributed by atoms with Gasteiger partial charge >= 0.3 is 0 Å². The van der Waals surface area contributed by atoms with Gasteiger partial charge in [0.2, 0.25) is 0 Å². The molecule has 1 aromatic carbocycles. The zero-order chi connectivity index (χ0) is 13.6. The Balaban J connectivity index is 2.60. The largest absolute Gasteiger partial charge is 0.494 e. The van der Waals surface area contributed by atoms with Crippen LogP contribution in [0.2, 0.25) is 0 Å². The van der Waals surface area contributed by atoms with Crippen molar-refractivity contribution in [1.29, 1.82) is 0 Å². The Morgan fingerprint density at radius 2 is 1.89 bits per heavy atom. The Morgan fingerprint density at radius 1 is 1.28 bits per heavy atom. The highest BCUT2D eigenvalue weighted by atomic mass is 16.5. The highest BCUT2D eigenvalue weighted by Crippen LogP contribution is 2.22. The summed E-state index contributed by atoms with van der Waals surface area (Å²) in [5.41, 5.74) is 0.0572. The van der Waals surface area contributed by atoms with Crippen LogP contribution in [0.5, 0.6) is 5.75 Å². The second-order valence-corrected chi connectivity index (χ2v) is 5.26. The van der Waals surface area contributed by atoms with E-state index in [0.29, 0.717) is 19.1 Å². The van der Waals surface area contributed by atoms with Gasteiger partial charge in [0.15, 0.2) is 0 Å². The van der Waals surface area contributed by atoms with E-state index in [1.54, 1.807) is 0 Å². The van der Waals surface area contributed by atoms with Gasteiger partial charge in [0.25, 0.3) is 0 Å². The maximum atomic E-state index is 10.4. The zero-order valence-electron chi connectivity index (χ0n) is 11.9. The van der Waals surface area contributed by atoms with Crippen molar-refractivity contribution in [2.75, 3.05) is 19.7 Å². The van der Waals surface area contributed by atoms with Crippen molar-refractivity contribution in [3.63, 3.8) is 0 Å². The van der Waals surface area contributed by atoms with Crippen molar-refractivity contribution in [2.24, 2.45) is 5.92 Å². The van der Waals surface area contributed by atoms with Crippen molar-refractivity contribution in [3.8, 4) is 5.75 Å². The molecule has 0 aliphatic heterocycles. The summed E-state index contributed by atoms with van der Waals surface area (Å²) in [5, 5.41) is 13.7. The lowest BCUT2D eigenvalue weighted by atomic mass is 9.96. The zero-order valence-corrected chi connectivity index (χ0v) is 11.9. The average Bonchev–Trinajstić information content (AvgIpc) is 2.29. The summed E-state index contributed by atoms with van der Waals surface area (Å²) >= 11 is 0. The Bertz CT molecular complexity index is 344. The first-order valence-electron chi connectivity index (χ1n) is 6.62. The van der Waals surface area contributed by atoms with Crippen molar-refractivity contribution in [2.45, 2.75) is 33.3 Å². The molecule has 0 aliphatic rings. The molecule has 0 radical (unpaired) electrons. The molecule has 1 rings (SSSR count). The molecular formula is C15H25NO2. The van der Waals surface area contributed by atoms with Crippen LogP contribution in [0, 0.1) is 5.92 Å². The minimum Gasteiger partial charge on any atom is -0.494 e. The highest BCUT2D eigenvalue weighted by Gasteiger charge is 2.22. The first-order valence-corrected chi connectivity index (χ1v) is 6.62. The fourth-order valence-electron chi connectivity index (χ4n) is 1.78. The van der Waals surface area contributed by atoms with E-state index in [2.05, 4.69) is 19.2 Å². The standard InChI is InChI=1S/C15H25NO2/c1-5-18-14-8-6-13(7-9-14)15(4,17)11-16-10-12(2)3/h6-9,12,16-17H,5,10-11H2,1-4H3. The van der Waals surface area contributed by atoms with Crippen LogP contribution in [-0.4, -0.2) is 24.8 Å². The number of benzene rings is 1.